The van der Waals surface area contributed by atoms with Gasteiger partial charge in [-0.15, -0.1) is 0 Å². The highest BCUT2D eigenvalue weighted by Crippen LogP contribution is 2.33. The van der Waals surface area contributed by atoms with E-state index in [1.807, 2.05) is 11.0 Å². The molecule has 2 aromatic carbocycles. The van der Waals surface area contributed by atoms with Gasteiger partial charge in [0, 0.05) is 56.8 Å². The van der Waals surface area contributed by atoms with Gasteiger partial charge in [0.15, 0.2) is 0 Å². The van der Waals surface area contributed by atoms with Crippen LogP contribution < -0.4 is 10.2 Å². The second kappa shape index (κ2) is 9.00. The number of imide groups is 1. The van der Waals surface area contributed by atoms with E-state index in [1.54, 1.807) is 18.2 Å². The number of nitrogens with one attached hydrogen (secondary N) is 1. The van der Waals surface area contributed by atoms with Gasteiger partial charge >= 0.3 is 0 Å². The number of phenolic OH excluding ortho intramolecular Hbond substituents is 1. The number of nitrogens with zero attached hydrogens (tertiary/aromatic N) is 4. The quantitative estimate of drug-likeness (QED) is 0.641. The largest absolute Gasteiger partial charge is 0.508 e. The van der Waals surface area contributed by atoms with Crippen molar-refractivity contribution in [3.8, 4) is 11.8 Å². The molecule has 10 heteroatoms. The number of benzene rings is 2. The van der Waals surface area contributed by atoms with Gasteiger partial charge in [0.25, 0.3) is 5.91 Å². The van der Waals surface area contributed by atoms with Crippen molar-refractivity contribution in [2.24, 2.45) is 0 Å². The number of phenols is 1. The maximum absolute atomic E-state index is 15.1. The van der Waals surface area contributed by atoms with Crippen molar-refractivity contribution in [2.75, 3.05) is 31.1 Å². The molecule has 2 aromatic rings. The molecule has 180 valence electrons. The van der Waals surface area contributed by atoms with Crippen LogP contribution in [0.15, 0.2) is 30.3 Å². The number of rotatable bonds is 4. The van der Waals surface area contributed by atoms with Gasteiger partial charge in [0.2, 0.25) is 11.8 Å². The molecule has 1 atom stereocenters. The highest BCUT2D eigenvalue weighted by molar-refractivity contribution is 6.05. The zero-order chi connectivity index (χ0) is 24.7. The Hall–Kier alpha value is -3.97. The minimum absolute atomic E-state index is 0.0846. The highest BCUT2D eigenvalue weighted by Gasteiger charge is 2.40. The second-order valence-electron chi connectivity index (χ2n) is 9.08. The first kappa shape index (κ1) is 22.8. The van der Waals surface area contributed by atoms with Crippen LogP contribution >= 0.6 is 0 Å². The van der Waals surface area contributed by atoms with E-state index >= 15 is 4.39 Å². The van der Waals surface area contributed by atoms with Crippen molar-refractivity contribution in [1.82, 2.24) is 15.1 Å². The first-order chi connectivity index (χ1) is 16.8. The Balaban J connectivity index is 1.26. The van der Waals surface area contributed by atoms with Crippen molar-refractivity contribution >= 4 is 23.4 Å². The maximum atomic E-state index is 15.1. The SMILES string of the molecule is N#Cc1ccc(CN2CCN(c3cc4c(cc3F)C(=O)N(C3CCC(=O)NC3=O)C4)CC2)c(O)c1. The Morgan fingerprint density at radius 1 is 1.11 bits per heavy atom. The molecule has 5 rings (SSSR count). The Bertz CT molecular complexity index is 1270. The second-order valence-corrected chi connectivity index (χ2v) is 9.08. The van der Waals surface area contributed by atoms with Crippen molar-refractivity contribution in [1.29, 1.82) is 5.26 Å². The first-order valence-corrected chi connectivity index (χ1v) is 11.5. The lowest BCUT2D eigenvalue weighted by molar-refractivity contribution is -0.136. The van der Waals surface area contributed by atoms with Gasteiger partial charge in [-0.3, -0.25) is 24.6 Å². The molecular weight excluding hydrogens is 453 g/mol. The van der Waals surface area contributed by atoms with Crippen LogP contribution in [-0.2, 0) is 22.7 Å². The summed E-state index contributed by atoms with van der Waals surface area (Å²) >= 11 is 0. The van der Waals surface area contributed by atoms with Crippen LogP contribution in [0.4, 0.5) is 10.1 Å². The normalized spacial score (nSPS) is 20.6. The van der Waals surface area contributed by atoms with E-state index < -0.39 is 23.7 Å². The molecule has 0 spiro atoms. The molecule has 2 fully saturated rings. The van der Waals surface area contributed by atoms with Crippen molar-refractivity contribution in [2.45, 2.75) is 32.0 Å². The lowest BCUT2D eigenvalue weighted by atomic mass is 10.0. The van der Waals surface area contributed by atoms with Crippen LogP contribution in [0.1, 0.15) is 39.9 Å². The Morgan fingerprint density at radius 3 is 2.57 bits per heavy atom. The average Bonchev–Trinajstić information content (AvgIpc) is 3.15. The van der Waals surface area contributed by atoms with E-state index in [1.165, 1.54) is 17.0 Å². The number of amides is 3. The molecule has 1 unspecified atom stereocenters. The molecule has 0 aliphatic carbocycles. The number of piperazine rings is 1. The summed E-state index contributed by atoms with van der Waals surface area (Å²) in [6.07, 6.45) is 0.428. The molecule has 2 N–H and O–H groups in total. The lowest BCUT2D eigenvalue weighted by Crippen LogP contribution is -2.52. The molecule has 0 aromatic heterocycles. The van der Waals surface area contributed by atoms with E-state index in [4.69, 9.17) is 5.26 Å². The fraction of sp³-hybridized carbons (Fsp3) is 0.360. The van der Waals surface area contributed by atoms with E-state index in [9.17, 15) is 19.5 Å². The van der Waals surface area contributed by atoms with Crippen LogP contribution in [0.2, 0.25) is 0 Å². The summed E-state index contributed by atoms with van der Waals surface area (Å²) in [4.78, 5) is 42.1. The summed E-state index contributed by atoms with van der Waals surface area (Å²) < 4.78 is 15.1. The number of carbonyl (C=O) groups is 3. The van der Waals surface area contributed by atoms with Gasteiger partial charge in [-0.1, -0.05) is 6.07 Å². The van der Waals surface area contributed by atoms with E-state index in [2.05, 4.69) is 10.2 Å². The summed E-state index contributed by atoms with van der Waals surface area (Å²) in [6.45, 7) is 3.16. The fourth-order valence-electron chi connectivity index (χ4n) is 4.97. The van der Waals surface area contributed by atoms with Crippen molar-refractivity contribution in [3.63, 3.8) is 0 Å². The third-order valence-electron chi connectivity index (χ3n) is 6.91. The maximum Gasteiger partial charge on any atom is 0.255 e. The number of carbonyl (C=O) groups excluding carboxylic acids is 3. The van der Waals surface area contributed by atoms with Crippen LogP contribution in [-0.4, -0.2) is 64.8 Å². The predicted molar refractivity (Wildman–Crippen MR) is 123 cm³/mol. The third kappa shape index (κ3) is 4.31. The molecule has 3 amide bonds. The van der Waals surface area contributed by atoms with Gasteiger partial charge in [0.05, 0.1) is 17.3 Å². The molecule has 3 aliphatic rings. The molecule has 0 saturated carbocycles. The van der Waals surface area contributed by atoms with Crippen LogP contribution in [0, 0.1) is 17.1 Å². The number of hydrogen-bond acceptors (Lipinski definition) is 7. The van der Waals surface area contributed by atoms with Crippen molar-refractivity contribution in [3.05, 3.63) is 58.4 Å². The number of nitriles is 1. The number of anilines is 1. The Morgan fingerprint density at radius 2 is 1.89 bits per heavy atom. The minimum atomic E-state index is -0.735. The lowest BCUT2D eigenvalue weighted by Gasteiger charge is -2.36. The van der Waals surface area contributed by atoms with E-state index in [0.29, 0.717) is 49.5 Å². The number of fused-ring (bicyclic) bond motifs is 1. The number of halogens is 1. The molecule has 35 heavy (non-hydrogen) atoms. The average molecular weight is 477 g/mol. The minimum Gasteiger partial charge on any atom is -0.508 e. The summed E-state index contributed by atoms with van der Waals surface area (Å²) in [6, 6.07) is 9.07. The molecule has 2 saturated heterocycles. The molecule has 3 heterocycles. The van der Waals surface area contributed by atoms with Crippen LogP contribution in [0.3, 0.4) is 0 Å². The zero-order valence-corrected chi connectivity index (χ0v) is 19.0. The van der Waals surface area contributed by atoms with E-state index in [0.717, 1.165) is 5.56 Å². The van der Waals surface area contributed by atoms with Gasteiger partial charge in [0.1, 0.15) is 17.6 Å². The Kier molecular flexibility index (Phi) is 5.86. The summed E-state index contributed by atoms with van der Waals surface area (Å²) in [5.74, 6) is -1.64. The Labute approximate surface area is 201 Å². The number of hydrogen-bond donors (Lipinski definition) is 2. The highest BCUT2D eigenvalue weighted by atomic mass is 19.1. The van der Waals surface area contributed by atoms with Gasteiger partial charge in [-0.25, -0.2) is 4.39 Å². The summed E-state index contributed by atoms with van der Waals surface area (Å²) in [5, 5.41) is 21.4. The van der Waals surface area contributed by atoms with Gasteiger partial charge in [-0.05, 0) is 36.2 Å². The van der Waals surface area contributed by atoms with E-state index in [-0.39, 0.29) is 36.6 Å². The number of aromatic hydroxyl groups is 1. The zero-order valence-electron chi connectivity index (χ0n) is 19.0. The molecule has 0 bridgehead atoms. The molecule has 9 nitrogen and oxygen atoms in total. The standard InChI is InChI=1S/C25H24FN5O4/c26-19-11-18-17(14-31(25(18)35)20-3-4-23(33)28-24(20)34)10-21(19)30-7-5-29(6-8-30)13-16-2-1-15(12-27)9-22(16)32/h1-2,9-11,20,32H,3-8,13-14H2,(H,28,33,34). The van der Waals surface area contributed by atoms with Crippen LogP contribution in [0.5, 0.6) is 5.75 Å². The first-order valence-electron chi connectivity index (χ1n) is 11.5. The topological polar surface area (TPSA) is 117 Å². The molecule has 0 radical (unpaired) electrons. The summed E-state index contributed by atoms with van der Waals surface area (Å²) in [7, 11) is 0. The molecular formula is C25H24FN5O4. The van der Waals surface area contributed by atoms with Gasteiger partial charge < -0.3 is 14.9 Å². The fourth-order valence-corrected chi connectivity index (χ4v) is 4.97. The molecule has 3 aliphatic heterocycles. The van der Waals surface area contributed by atoms with Crippen molar-refractivity contribution < 1.29 is 23.9 Å². The predicted octanol–water partition coefficient (Wildman–Crippen LogP) is 1.49. The number of piperidine rings is 1. The summed E-state index contributed by atoms with van der Waals surface area (Å²) in [5.41, 5.74) is 2.47. The van der Waals surface area contributed by atoms with Gasteiger partial charge in [-0.2, -0.15) is 5.26 Å². The smallest absolute Gasteiger partial charge is 0.255 e. The third-order valence-corrected chi connectivity index (χ3v) is 6.91. The monoisotopic (exact) mass is 477 g/mol. The van der Waals surface area contributed by atoms with Crippen LogP contribution in [0.25, 0.3) is 0 Å².